The molecule has 2 amide bonds. The van der Waals surface area contributed by atoms with Gasteiger partial charge in [0.1, 0.15) is 0 Å². The normalized spacial score (nSPS) is 13.5. The number of nitrogens with one attached hydrogen (secondary N) is 1. The second-order valence-corrected chi connectivity index (χ2v) is 8.95. The summed E-state index contributed by atoms with van der Waals surface area (Å²) in [5, 5.41) is 5.46. The number of thiazole rings is 1. The van der Waals surface area contributed by atoms with Crippen molar-refractivity contribution in [3.63, 3.8) is 0 Å². The Labute approximate surface area is 203 Å². The lowest BCUT2D eigenvalue weighted by Gasteiger charge is -2.28. The molecule has 0 bridgehead atoms. The molecule has 2 heterocycles. The highest BCUT2D eigenvalue weighted by Gasteiger charge is 2.35. The van der Waals surface area contributed by atoms with Crippen molar-refractivity contribution in [2.75, 3.05) is 19.0 Å². The molecule has 1 aliphatic heterocycles. The molecule has 7 nitrogen and oxygen atoms in total. The standard InChI is InChI=1S/C26H29N3O4S/c1-4-8-19-16-34-26(27-19)28-24(30)14-21(17-11-12-22(33-5-2)23(13-17)32-3)29-15-18-9-6-7-10-20(18)25(29)31/h6-7,9-13,16,21H,4-5,8,14-15H2,1-3H3,(H,27,28,30). The number of carbonyl (C=O) groups is 2. The van der Waals surface area contributed by atoms with Crippen molar-refractivity contribution >= 4 is 28.3 Å². The summed E-state index contributed by atoms with van der Waals surface area (Å²) in [4.78, 5) is 32.6. The van der Waals surface area contributed by atoms with Crippen LogP contribution in [0.1, 0.15) is 59.9 Å². The zero-order chi connectivity index (χ0) is 24.1. The van der Waals surface area contributed by atoms with Crippen LogP contribution in [0.3, 0.4) is 0 Å². The Balaban J connectivity index is 1.62. The number of hydrogen-bond donors (Lipinski definition) is 1. The molecule has 0 saturated carbocycles. The van der Waals surface area contributed by atoms with Crippen LogP contribution in [0.5, 0.6) is 11.5 Å². The molecule has 1 unspecified atom stereocenters. The lowest BCUT2D eigenvalue weighted by molar-refractivity contribution is -0.117. The van der Waals surface area contributed by atoms with Gasteiger partial charge < -0.3 is 19.7 Å². The van der Waals surface area contributed by atoms with Gasteiger partial charge in [-0.3, -0.25) is 9.59 Å². The first-order valence-electron chi connectivity index (χ1n) is 11.5. The molecule has 4 rings (SSSR count). The number of aromatic nitrogens is 1. The summed E-state index contributed by atoms with van der Waals surface area (Å²) >= 11 is 1.42. The monoisotopic (exact) mass is 479 g/mol. The zero-order valence-electron chi connectivity index (χ0n) is 19.7. The number of aryl methyl sites for hydroxylation is 1. The van der Waals surface area contributed by atoms with E-state index in [2.05, 4.69) is 17.2 Å². The first-order valence-corrected chi connectivity index (χ1v) is 12.4. The fourth-order valence-corrected chi connectivity index (χ4v) is 4.94. The first kappa shape index (κ1) is 23.8. The summed E-state index contributed by atoms with van der Waals surface area (Å²) in [6.45, 7) is 4.96. The van der Waals surface area contributed by atoms with E-state index in [1.54, 1.807) is 12.0 Å². The van der Waals surface area contributed by atoms with Gasteiger partial charge in [-0.1, -0.05) is 37.6 Å². The topological polar surface area (TPSA) is 80.8 Å². The van der Waals surface area contributed by atoms with Gasteiger partial charge in [-0.15, -0.1) is 11.3 Å². The molecule has 34 heavy (non-hydrogen) atoms. The fraction of sp³-hybridized carbons (Fsp3) is 0.346. The maximum atomic E-state index is 13.3. The van der Waals surface area contributed by atoms with E-state index in [0.717, 1.165) is 29.7 Å². The van der Waals surface area contributed by atoms with Gasteiger partial charge in [0.15, 0.2) is 16.6 Å². The van der Waals surface area contributed by atoms with Crippen molar-refractivity contribution in [3.8, 4) is 11.5 Å². The Bertz CT molecular complexity index is 1180. The Morgan fingerprint density at radius 1 is 1.21 bits per heavy atom. The Morgan fingerprint density at radius 2 is 2.03 bits per heavy atom. The van der Waals surface area contributed by atoms with E-state index >= 15 is 0 Å². The molecular weight excluding hydrogens is 450 g/mol. The van der Waals surface area contributed by atoms with Crippen molar-refractivity contribution in [1.82, 2.24) is 9.88 Å². The Morgan fingerprint density at radius 3 is 2.76 bits per heavy atom. The number of carbonyl (C=O) groups excluding carboxylic acids is 2. The van der Waals surface area contributed by atoms with Crippen LogP contribution in [0.4, 0.5) is 5.13 Å². The lowest BCUT2D eigenvalue weighted by atomic mass is 10.0. The molecular formula is C26H29N3O4S. The van der Waals surface area contributed by atoms with Crippen molar-refractivity contribution in [2.24, 2.45) is 0 Å². The van der Waals surface area contributed by atoms with Crippen LogP contribution < -0.4 is 14.8 Å². The maximum Gasteiger partial charge on any atom is 0.255 e. The predicted octanol–water partition coefficient (Wildman–Crippen LogP) is 5.23. The third-order valence-corrected chi connectivity index (χ3v) is 6.59. The Kier molecular flexibility index (Phi) is 7.47. The summed E-state index contributed by atoms with van der Waals surface area (Å²) in [5.41, 5.74) is 3.41. The molecule has 2 aromatic carbocycles. The average molecular weight is 480 g/mol. The minimum atomic E-state index is -0.473. The Hall–Kier alpha value is -3.39. The average Bonchev–Trinajstić information content (AvgIpc) is 3.42. The lowest BCUT2D eigenvalue weighted by Crippen LogP contribution is -2.32. The van der Waals surface area contributed by atoms with E-state index in [-0.39, 0.29) is 18.2 Å². The van der Waals surface area contributed by atoms with E-state index in [1.807, 2.05) is 54.8 Å². The van der Waals surface area contributed by atoms with Gasteiger partial charge in [-0.05, 0) is 42.7 Å². The van der Waals surface area contributed by atoms with Gasteiger partial charge in [0, 0.05) is 17.5 Å². The SMILES string of the molecule is CCCc1csc(NC(=O)CC(c2ccc(OCC)c(OC)c2)N2Cc3ccccc3C2=O)n1. The number of benzene rings is 2. The van der Waals surface area contributed by atoms with Crippen molar-refractivity contribution in [2.45, 2.75) is 45.7 Å². The molecule has 0 radical (unpaired) electrons. The largest absolute Gasteiger partial charge is 0.493 e. The summed E-state index contributed by atoms with van der Waals surface area (Å²) < 4.78 is 11.2. The van der Waals surface area contributed by atoms with Crippen LogP contribution in [0, 0.1) is 0 Å². The second kappa shape index (κ2) is 10.7. The number of fused-ring (bicyclic) bond motifs is 1. The third-order valence-electron chi connectivity index (χ3n) is 5.78. The van der Waals surface area contributed by atoms with E-state index in [0.29, 0.717) is 35.3 Å². The van der Waals surface area contributed by atoms with Crippen LogP contribution >= 0.6 is 11.3 Å². The van der Waals surface area contributed by atoms with Gasteiger partial charge in [-0.25, -0.2) is 4.98 Å². The molecule has 0 fully saturated rings. The molecule has 8 heteroatoms. The number of amides is 2. The first-order chi connectivity index (χ1) is 16.5. The maximum absolute atomic E-state index is 13.3. The molecule has 3 aromatic rings. The summed E-state index contributed by atoms with van der Waals surface area (Å²) in [6, 6.07) is 12.7. The van der Waals surface area contributed by atoms with Gasteiger partial charge in [0.05, 0.1) is 31.9 Å². The van der Waals surface area contributed by atoms with Gasteiger partial charge in [-0.2, -0.15) is 0 Å². The molecule has 0 aliphatic carbocycles. The van der Waals surface area contributed by atoms with Crippen LogP contribution in [0.25, 0.3) is 0 Å². The van der Waals surface area contributed by atoms with E-state index in [4.69, 9.17) is 9.47 Å². The molecule has 1 atom stereocenters. The number of hydrogen-bond acceptors (Lipinski definition) is 6. The number of anilines is 1. The quantitative estimate of drug-likeness (QED) is 0.431. The predicted molar refractivity (Wildman–Crippen MR) is 133 cm³/mol. The van der Waals surface area contributed by atoms with Crippen LogP contribution in [-0.2, 0) is 17.8 Å². The van der Waals surface area contributed by atoms with E-state index in [9.17, 15) is 9.59 Å². The van der Waals surface area contributed by atoms with Crippen molar-refractivity contribution < 1.29 is 19.1 Å². The van der Waals surface area contributed by atoms with Crippen LogP contribution in [-0.4, -0.2) is 35.4 Å². The smallest absolute Gasteiger partial charge is 0.255 e. The highest BCUT2D eigenvalue weighted by Crippen LogP contribution is 2.37. The highest BCUT2D eigenvalue weighted by atomic mass is 32.1. The minimum absolute atomic E-state index is 0.0827. The summed E-state index contributed by atoms with van der Waals surface area (Å²) in [7, 11) is 1.58. The van der Waals surface area contributed by atoms with E-state index in [1.165, 1.54) is 11.3 Å². The molecule has 1 N–H and O–H groups in total. The molecule has 0 spiro atoms. The van der Waals surface area contributed by atoms with Crippen molar-refractivity contribution in [1.29, 1.82) is 0 Å². The number of methoxy groups -OCH3 is 1. The summed E-state index contributed by atoms with van der Waals surface area (Å²) in [6.07, 6.45) is 1.97. The molecule has 1 aliphatic rings. The van der Waals surface area contributed by atoms with E-state index < -0.39 is 6.04 Å². The molecule has 1 aromatic heterocycles. The van der Waals surface area contributed by atoms with Crippen molar-refractivity contribution in [3.05, 3.63) is 70.2 Å². The number of rotatable bonds is 10. The molecule has 178 valence electrons. The summed E-state index contributed by atoms with van der Waals surface area (Å²) in [5.74, 6) is 0.914. The van der Waals surface area contributed by atoms with Crippen LogP contribution in [0.15, 0.2) is 47.8 Å². The number of ether oxygens (including phenoxy) is 2. The molecule has 0 saturated heterocycles. The highest BCUT2D eigenvalue weighted by molar-refractivity contribution is 7.13. The third kappa shape index (κ3) is 5.07. The number of nitrogens with zero attached hydrogens (tertiary/aromatic N) is 2. The fourth-order valence-electron chi connectivity index (χ4n) is 4.18. The second-order valence-electron chi connectivity index (χ2n) is 8.10. The minimum Gasteiger partial charge on any atom is -0.493 e. The zero-order valence-corrected chi connectivity index (χ0v) is 20.5. The van der Waals surface area contributed by atoms with Gasteiger partial charge in [0.25, 0.3) is 5.91 Å². The van der Waals surface area contributed by atoms with Crippen LogP contribution in [0.2, 0.25) is 0 Å². The van der Waals surface area contributed by atoms with Gasteiger partial charge in [0.2, 0.25) is 5.91 Å². The van der Waals surface area contributed by atoms with Gasteiger partial charge >= 0.3 is 0 Å².